The Morgan fingerprint density at radius 3 is 2.74 bits per heavy atom. The van der Waals surface area contributed by atoms with Crippen molar-refractivity contribution in [3.63, 3.8) is 0 Å². The topological polar surface area (TPSA) is 72.0 Å². The SMILES string of the molecule is CC(=N)c1cc(-c2cncc(OCCCc3cccc(F)c3)c2)ccc1N. The van der Waals surface area contributed by atoms with Crippen LogP contribution in [0.3, 0.4) is 0 Å². The summed E-state index contributed by atoms with van der Waals surface area (Å²) in [5.74, 6) is 0.463. The number of rotatable bonds is 7. The van der Waals surface area contributed by atoms with Crippen molar-refractivity contribution in [1.82, 2.24) is 4.98 Å². The minimum absolute atomic E-state index is 0.214. The van der Waals surface area contributed by atoms with E-state index in [-0.39, 0.29) is 5.82 Å². The van der Waals surface area contributed by atoms with Gasteiger partial charge in [-0.25, -0.2) is 4.39 Å². The van der Waals surface area contributed by atoms with Crippen LogP contribution >= 0.6 is 0 Å². The van der Waals surface area contributed by atoms with Crippen LogP contribution in [0.15, 0.2) is 60.9 Å². The zero-order valence-corrected chi connectivity index (χ0v) is 15.2. The Hall–Kier alpha value is -3.21. The molecule has 3 aromatic rings. The number of anilines is 1. The smallest absolute Gasteiger partial charge is 0.138 e. The first kappa shape index (κ1) is 18.6. The number of benzene rings is 2. The molecule has 0 radical (unpaired) electrons. The van der Waals surface area contributed by atoms with Crippen LogP contribution in [0, 0.1) is 11.2 Å². The van der Waals surface area contributed by atoms with Gasteiger partial charge in [0.2, 0.25) is 0 Å². The van der Waals surface area contributed by atoms with Crippen LogP contribution < -0.4 is 10.5 Å². The summed E-state index contributed by atoms with van der Waals surface area (Å²) < 4.78 is 19.0. The van der Waals surface area contributed by atoms with Gasteiger partial charge in [0, 0.05) is 28.7 Å². The molecule has 1 aromatic heterocycles. The van der Waals surface area contributed by atoms with E-state index in [4.69, 9.17) is 15.9 Å². The molecule has 1 heterocycles. The Bertz CT molecular complexity index is 956. The summed E-state index contributed by atoms with van der Waals surface area (Å²) in [6.07, 6.45) is 4.97. The third kappa shape index (κ3) is 4.91. The van der Waals surface area contributed by atoms with Gasteiger partial charge in [0.1, 0.15) is 11.6 Å². The molecule has 0 fully saturated rings. The molecule has 2 aromatic carbocycles. The Labute approximate surface area is 158 Å². The Morgan fingerprint density at radius 2 is 1.96 bits per heavy atom. The average molecular weight is 363 g/mol. The molecule has 4 nitrogen and oxygen atoms in total. The van der Waals surface area contributed by atoms with Crippen molar-refractivity contribution < 1.29 is 9.13 Å². The molecule has 0 saturated carbocycles. The molecule has 3 rings (SSSR count). The number of nitrogens with two attached hydrogens (primary N) is 1. The van der Waals surface area contributed by atoms with Gasteiger partial charge < -0.3 is 15.9 Å². The predicted octanol–water partition coefficient (Wildman–Crippen LogP) is 4.87. The maximum absolute atomic E-state index is 13.2. The molecule has 5 heteroatoms. The molecule has 3 N–H and O–H groups in total. The van der Waals surface area contributed by atoms with Gasteiger partial charge in [-0.1, -0.05) is 18.2 Å². The lowest BCUT2D eigenvalue weighted by Crippen LogP contribution is -2.01. The number of nitrogens with one attached hydrogen (secondary N) is 1. The third-order valence-electron chi connectivity index (χ3n) is 4.27. The number of hydrogen-bond donors (Lipinski definition) is 2. The third-order valence-corrected chi connectivity index (χ3v) is 4.27. The van der Waals surface area contributed by atoms with Crippen LogP contribution in [0.2, 0.25) is 0 Å². The minimum Gasteiger partial charge on any atom is -0.492 e. The van der Waals surface area contributed by atoms with Crippen molar-refractivity contribution in [3.05, 3.63) is 77.9 Å². The first-order valence-corrected chi connectivity index (χ1v) is 8.80. The zero-order chi connectivity index (χ0) is 19.2. The van der Waals surface area contributed by atoms with Crippen LogP contribution in [0.4, 0.5) is 10.1 Å². The molecule has 0 aliphatic rings. The van der Waals surface area contributed by atoms with Crippen molar-refractivity contribution in [3.8, 4) is 16.9 Å². The molecule has 0 aliphatic heterocycles. The Balaban J connectivity index is 1.64. The van der Waals surface area contributed by atoms with Gasteiger partial charge in [-0.3, -0.25) is 4.98 Å². The highest BCUT2D eigenvalue weighted by Crippen LogP contribution is 2.26. The van der Waals surface area contributed by atoms with Gasteiger partial charge in [-0.2, -0.15) is 0 Å². The Morgan fingerprint density at radius 1 is 1.11 bits per heavy atom. The number of ether oxygens (including phenoxy) is 1. The number of aromatic nitrogens is 1. The number of nitrogen functional groups attached to an aromatic ring is 1. The van der Waals surface area contributed by atoms with E-state index in [1.54, 1.807) is 37.5 Å². The summed E-state index contributed by atoms with van der Waals surface area (Å²) in [7, 11) is 0. The standard InChI is InChI=1S/C22H22FN3O/c1-15(24)21-12-17(7-8-22(21)25)18-11-20(14-26-13-18)27-9-3-5-16-4-2-6-19(23)10-16/h2,4,6-8,10-14,24H,3,5,9,25H2,1H3. The molecular formula is C22H22FN3O. The van der Waals surface area contributed by atoms with Crippen LogP contribution in [0.1, 0.15) is 24.5 Å². The fourth-order valence-corrected chi connectivity index (χ4v) is 2.88. The maximum Gasteiger partial charge on any atom is 0.138 e. The van der Waals surface area contributed by atoms with E-state index >= 15 is 0 Å². The largest absolute Gasteiger partial charge is 0.492 e. The molecule has 0 aliphatic carbocycles. The minimum atomic E-state index is -0.214. The van der Waals surface area contributed by atoms with Crippen molar-refractivity contribution in [2.45, 2.75) is 19.8 Å². The fourth-order valence-electron chi connectivity index (χ4n) is 2.88. The number of aryl methyl sites for hydroxylation is 1. The summed E-state index contributed by atoms with van der Waals surface area (Å²) in [5.41, 5.74) is 10.5. The van der Waals surface area contributed by atoms with E-state index in [1.165, 1.54) is 6.07 Å². The lowest BCUT2D eigenvalue weighted by Gasteiger charge is -2.10. The molecule has 27 heavy (non-hydrogen) atoms. The van der Waals surface area contributed by atoms with Crippen LogP contribution in [-0.2, 0) is 6.42 Å². The highest BCUT2D eigenvalue weighted by atomic mass is 19.1. The van der Waals surface area contributed by atoms with E-state index in [9.17, 15) is 4.39 Å². The normalized spacial score (nSPS) is 10.6. The molecule has 0 saturated heterocycles. The van der Waals surface area contributed by atoms with Gasteiger partial charge in [0.25, 0.3) is 0 Å². The summed E-state index contributed by atoms with van der Waals surface area (Å²) in [4.78, 5) is 4.25. The number of nitrogens with zero attached hydrogens (tertiary/aromatic N) is 1. The van der Waals surface area contributed by atoms with E-state index in [2.05, 4.69) is 4.98 Å². The van der Waals surface area contributed by atoms with Gasteiger partial charge in [-0.05, 0) is 61.2 Å². The Kier molecular flexibility index (Phi) is 5.81. The lowest BCUT2D eigenvalue weighted by molar-refractivity contribution is 0.310. The molecule has 0 atom stereocenters. The van der Waals surface area contributed by atoms with Crippen LogP contribution in [0.5, 0.6) is 5.75 Å². The van der Waals surface area contributed by atoms with Gasteiger partial charge >= 0.3 is 0 Å². The quantitative estimate of drug-likeness (QED) is 0.357. The fraction of sp³-hybridized carbons (Fsp3) is 0.182. The summed E-state index contributed by atoms with van der Waals surface area (Å²) >= 11 is 0. The summed E-state index contributed by atoms with van der Waals surface area (Å²) in [6, 6.07) is 14.1. The van der Waals surface area contributed by atoms with E-state index in [1.807, 2.05) is 24.3 Å². The predicted molar refractivity (Wildman–Crippen MR) is 107 cm³/mol. The summed E-state index contributed by atoms with van der Waals surface area (Å²) in [5, 5.41) is 7.83. The van der Waals surface area contributed by atoms with Gasteiger partial charge in [0.05, 0.1) is 12.8 Å². The monoisotopic (exact) mass is 363 g/mol. The highest BCUT2D eigenvalue weighted by molar-refractivity contribution is 6.02. The van der Waals surface area contributed by atoms with E-state index in [0.29, 0.717) is 29.3 Å². The molecule has 138 valence electrons. The van der Waals surface area contributed by atoms with Crippen molar-refractivity contribution in [1.29, 1.82) is 5.41 Å². The molecular weight excluding hydrogens is 341 g/mol. The van der Waals surface area contributed by atoms with Crippen molar-refractivity contribution in [2.75, 3.05) is 12.3 Å². The van der Waals surface area contributed by atoms with Crippen LogP contribution in [-0.4, -0.2) is 17.3 Å². The second-order valence-electron chi connectivity index (χ2n) is 6.42. The molecule has 0 amide bonds. The second kappa shape index (κ2) is 8.45. The van der Waals surface area contributed by atoms with E-state index < -0.39 is 0 Å². The van der Waals surface area contributed by atoms with Crippen molar-refractivity contribution in [2.24, 2.45) is 0 Å². The van der Waals surface area contributed by atoms with Crippen LogP contribution in [0.25, 0.3) is 11.1 Å². The average Bonchev–Trinajstić information content (AvgIpc) is 2.66. The van der Waals surface area contributed by atoms with Gasteiger partial charge in [0.15, 0.2) is 0 Å². The summed E-state index contributed by atoms with van der Waals surface area (Å²) in [6.45, 7) is 2.24. The molecule has 0 spiro atoms. The highest BCUT2D eigenvalue weighted by Gasteiger charge is 2.07. The van der Waals surface area contributed by atoms with Gasteiger partial charge in [-0.15, -0.1) is 0 Å². The number of pyridine rings is 1. The second-order valence-corrected chi connectivity index (χ2v) is 6.42. The lowest BCUT2D eigenvalue weighted by atomic mass is 10.0. The molecule has 0 unspecified atom stereocenters. The first-order valence-electron chi connectivity index (χ1n) is 8.80. The number of halogens is 1. The zero-order valence-electron chi connectivity index (χ0n) is 15.2. The molecule has 0 bridgehead atoms. The van der Waals surface area contributed by atoms with E-state index in [0.717, 1.165) is 29.5 Å². The first-order chi connectivity index (χ1) is 13.0. The number of hydrogen-bond acceptors (Lipinski definition) is 4. The maximum atomic E-state index is 13.2. The van der Waals surface area contributed by atoms with Crippen molar-refractivity contribution >= 4 is 11.4 Å².